The highest BCUT2D eigenvalue weighted by Crippen LogP contribution is 2.21. The van der Waals surface area contributed by atoms with Crippen LogP contribution in [0, 0.1) is 5.41 Å². The first-order valence-electron chi connectivity index (χ1n) is 6.78. The minimum absolute atomic E-state index is 0.0668. The Bertz CT molecular complexity index is 342. The summed E-state index contributed by atoms with van der Waals surface area (Å²) in [7, 11) is 0. The van der Waals surface area contributed by atoms with Crippen LogP contribution in [-0.4, -0.2) is 23.8 Å². The molecule has 2 nitrogen and oxygen atoms in total. The minimum Gasteiger partial charge on any atom is -0.391 e. The highest BCUT2D eigenvalue weighted by molar-refractivity contribution is 5.20. The van der Waals surface area contributed by atoms with Crippen molar-refractivity contribution in [3.8, 4) is 0 Å². The van der Waals surface area contributed by atoms with Gasteiger partial charge in [-0.15, -0.1) is 0 Å². The van der Waals surface area contributed by atoms with Gasteiger partial charge in [0, 0.05) is 12.6 Å². The standard InChI is InChI=1S/C16H27NO/c1-12(14-9-7-6-8-10-14)13(2)17-11-15(18)16(3,4)5/h6-10,12-13,15,17-18H,11H2,1-5H3. The van der Waals surface area contributed by atoms with E-state index in [4.69, 9.17) is 0 Å². The van der Waals surface area contributed by atoms with E-state index in [0.29, 0.717) is 18.5 Å². The van der Waals surface area contributed by atoms with Crippen molar-refractivity contribution in [2.24, 2.45) is 5.41 Å². The van der Waals surface area contributed by atoms with Gasteiger partial charge < -0.3 is 10.4 Å². The molecule has 0 saturated carbocycles. The van der Waals surface area contributed by atoms with E-state index in [9.17, 15) is 5.11 Å². The molecular formula is C16H27NO. The molecule has 102 valence electrons. The second-order valence-corrected chi connectivity index (χ2v) is 6.28. The van der Waals surface area contributed by atoms with Gasteiger partial charge in [0.15, 0.2) is 0 Å². The molecule has 3 unspecified atom stereocenters. The zero-order valence-electron chi connectivity index (χ0n) is 12.3. The Morgan fingerprint density at radius 2 is 1.67 bits per heavy atom. The summed E-state index contributed by atoms with van der Waals surface area (Å²) in [6, 6.07) is 10.8. The largest absolute Gasteiger partial charge is 0.391 e. The quantitative estimate of drug-likeness (QED) is 0.840. The second kappa shape index (κ2) is 6.35. The first-order chi connectivity index (χ1) is 8.32. The maximum Gasteiger partial charge on any atom is 0.0712 e. The maximum atomic E-state index is 10.0. The summed E-state index contributed by atoms with van der Waals surface area (Å²) in [5, 5.41) is 13.5. The van der Waals surface area contributed by atoms with Gasteiger partial charge in [0.25, 0.3) is 0 Å². The molecule has 0 aromatic heterocycles. The predicted octanol–water partition coefficient (Wildman–Crippen LogP) is 3.18. The summed E-state index contributed by atoms with van der Waals surface area (Å²) in [6.45, 7) is 11.2. The monoisotopic (exact) mass is 249 g/mol. The lowest BCUT2D eigenvalue weighted by atomic mass is 9.88. The molecule has 0 aliphatic rings. The van der Waals surface area contributed by atoms with Gasteiger partial charge in [-0.1, -0.05) is 58.0 Å². The Hall–Kier alpha value is -0.860. The van der Waals surface area contributed by atoms with Crippen molar-refractivity contribution >= 4 is 0 Å². The van der Waals surface area contributed by atoms with E-state index in [1.54, 1.807) is 0 Å². The van der Waals surface area contributed by atoms with Crippen molar-refractivity contribution in [2.75, 3.05) is 6.54 Å². The van der Waals surface area contributed by atoms with Gasteiger partial charge >= 0.3 is 0 Å². The fraction of sp³-hybridized carbons (Fsp3) is 0.625. The summed E-state index contributed by atoms with van der Waals surface area (Å²) in [4.78, 5) is 0. The molecule has 0 heterocycles. The van der Waals surface area contributed by atoms with Gasteiger partial charge in [-0.25, -0.2) is 0 Å². The SMILES string of the molecule is CC(NCC(O)C(C)(C)C)C(C)c1ccccc1. The third kappa shape index (κ3) is 4.43. The van der Waals surface area contributed by atoms with Crippen LogP contribution in [0.4, 0.5) is 0 Å². The average Bonchev–Trinajstić information content (AvgIpc) is 2.34. The summed E-state index contributed by atoms with van der Waals surface area (Å²) in [6.07, 6.45) is -0.317. The molecule has 0 fully saturated rings. The number of nitrogens with one attached hydrogen (secondary N) is 1. The lowest BCUT2D eigenvalue weighted by Crippen LogP contribution is -2.41. The van der Waals surface area contributed by atoms with Crippen LogP contribution in [0.15, 0.2) is 30.3 Å². The lowest BCUT2D eigenvalue weighted by molar-refractivity contribution is 0.0603. The van der Waals surface area contributed by atoms with Gasteiger partial charge in [0.05, 0.1) is 6.10 Å². The molecule has 1 rings (SSSR count). The van der Waals surface area contributed by atoms with E-state index >= 15 is 0 Å². The van der Waals surface area contributed by atoms with Crippen LogP contribution < -0.4 is 5.32 Å². The molecule has 0 bridgehead atoms. The normalized spacial score (nSPS) is 17.2. The Kier molecular flexibility index (Phi) is 5.36. The Morgan fingerprint density at radius 3 is 2.17 bits per heavy atom. The molecule has 1 aromatic rings. The van der Waals surface area contributed by atoms with E-state index in [1.165, 1.54) is 5.56 Å². The number of hydrogen-bond donors (Lipinski definition) is 2. The Labute approximate surface area is 111 Å². The summed E-state index contributed by atoms with van der Waals surface area (Å²) in [5.41, 5.74) is 1.27. The van der Waals surface area contributed by atoms with Gasteiger partial charge in [0.2, 0.25) is 0 Å². The van der Waals surface area contributed by atoms with Crippen LogP contribution in [0.5, 0.6) is 0 Å². The molecule has 3 atom stereocenters. The number of aliphatic hydroxyl groups excluding tert-OH is 1. The molecule has 1 aromatic carbocycles. The van der Waals surface area contributed by atoms with Crippen LogP contribution in [0.2, 0.25) is 0 Å². The molecule has 0 spiro atoms. The highest BCUT2D eigenvalue weighted by atomic mass is 16.3. The molecule has 0 amide bonds. The first-order valence-corrected chi connectivity index (χ1v) is 6.78. The summed E-state index contributed by atoms with van der Waals surface area (Å²) >= 11 is 0. The summed E-state index contributed by atoms with van der Waals surface area (Å²) in [5.74, 6) is 0.443. The lowest BCUT2D eigenvalue weighted by Gasteiger charge is -2.29. The second-order valence-electron chi connectivity index (χ2n) is 6.28. The van der Waals surface area contributed by atoms with Crippen molar-refractivity contribution in [1.82, 2.24) is 5.32 Å². The minimum atomic E-state index is -0.317. The van der Waals surface area contributed by atoms with Crippen LogP contribution in [0.25, 0.3) is 0 Å². The number of hydrogen-bond acceptors (Lipinski definition) is 2. The van der Waals surface area contributed by atoms with Gasteiger partial charge in [0.1, 0.15) is 0 Å². The van der Waals surface area contributed by atoms with Gasteiger partial charge in [-0.2, -0.15) is 0 Å². The topological polar surface area (TPSA) is 32.3 Å². The molecule has 0 aliphatic heterocycles. The van der Waals surface area contributed by atoms with E-state index < -0.39 is 0 Å². The third-order valence-electron chi connectivity index (χ3n) is 3.71. The molecule has 0 radical (unpaired) electrons. The predicted molar refractivity (Wildman–Crippen MR) is 77.8 cm³/mol. The van der Waals surface area contributed by atoms with Crippen LogP contribution >= 0.6 is 0 Å². The Balaban J connectivity index is 2.49. The van der Waals surface area contributed by atoms with Crippen molar-refractivity contribution in [3.63, 3.8) is 0 Å². The number of benzene rings is 1. The fourth-order valence-electron chi connectivity index (χ4n) is 1.83. The molecule has 0 aliphatic carbocycles. The first kappa shape index (κ1) is 15.2. The number of aliphatic hydroxyl groups is 1. The maximum absolute atomic E-state index is 10.0. The van der Waals surface area contributed by atoms with Gasteiger partial charge in [-0.05, 0) is 23.8 Å². The molecule has 18 heavy (non-hydrogen) atoms. The zero-order chi connectivity index (χ0) is 13.8. The van der Waals surface area contributed by atoms with Gasteiger partial charge in [-0.3, -0.25) is 0 Å². The van der Waals surface area contributed by atoms with E-state index in [2.05, 4.69) is 64.2 Å². The van der Waals surface area contributed by atoms with Crippen molar-refractivity contribution in [3.05, 3.63) is 35.9 Å². The third-order valence-corrected chi connectivity index (χ3v) is 3.71. The zero-order valence-corrected chi connectivity index (χ0v) is 12.3. The van der Waals surface area contributed by atoms with Crippen molar-refractivity contribution in [1.29, 1.82) is 0 Å². The van der Waals surface area contributed by atoms with E-state index in [0.717, 1.165) is 0 Å². The molecule has 2 heteroatoms. The highest BCUT2D eigenvalue weighted by Gasteiger charge is 2.23. The fourth-order valence-corrected chi connectivity index (χ4v) is 1.83. The average molecular weight is 249 g/mol. The molecule has 2 N–H and O–H groups in total. The molecule has 0 saturated heterocycles. The summed E-state index contributed by atoms with van der Waals surface area (Å²) < 4.78 is 0. The van der Waals surface area contributed by atoms with Crippen molar-refractivity contribution in [2.45, 2.75) is 52.7 Å². The van der Waals surface area contributed by atoms with E-state index in [1.807, 2.05) is 6.07 Å². The van der Waals surface area contributed by atoms with Crippen LogP contribution in [0.3, 0.4) is 0 Å². The van der Waals surface area contributed by atoms with E-state index in [-0.39, 0.29) is 11.5 Å². The van der Waals surface area contributed by atoms with Crippen molar-refractivity contribution < 1.29 is 5.11 Å². The van der Waals surface area contributed by atoms with Crippen LogP contribution in [0.1, 0.15) is 46.1 Å². The molecular weight excluding hydrogens is 222 g/mol. The smallest absolute Gasteiger partial charge is 0.0712 e. The number of rotatable bonds is 5. The van der Waals surface area contributed by atoms with Crippen LogP contribution in [-0.2, 0) is 0 Å². The Morgan fingerprint density at radius 1 is 1.11 bits per heavy atom.